The summed E-state index contributed by atoms with van der Waals surface area (Å²) in [7, 11) is 0. The molecule has 1 rings (SSSR count). The Morgan fingerprint density at radius 2 is 1.88 bits per heavy atom. The highest BCUT2D eigenvalue weighted by Gasteiger charge is 2.12. The van der Waals surface area contributed by atoms with Crippen molar-refractivity contribution < 1.29 is 0 Å². The maximum atomic E-state index is 5.93. The molecule has 1 unspecified atom stereocenters. The van der Waals surface area contributed by atoms with Crippen LogP contribution in [0.25, 0.3) is 0 Å². The van der Waals surface area contributed by atoms with Crippen molar-refractivity contribution in [3.63, 3.8) is 0 Å². The molecule has 0 amide bonds. The Morgan fingerprint density at radius 3 is 2.41 bits per heavy atom. The quantitative estimate of drug-likeness (QED) is 0.643. The first-order valence-electron chi connectivity index (χ1n) is 6.22. The molecule has 1 atom stereocenters. The molecule has 2 N–H and O–H groups in total. The maximum absolute atomic E-state index is 5.93. The zero-order chi connectivity index (χ0) is 13.0. The summed E-state index contributed by atoms with van der Waals surface area (Å²) in [6.07, 6.45) is 1.20. The fraction of sp³-hybridized carbons (Fsp3) is 0.692. The second-order valence-electron chi connectivity index (χ2n) is 4.88. The molecule has 96 valence electrons. The van der Waals surface area contributed by atoms with Gasteiger partial charge in [-0.3, -0.25) is 0 Å². The number of hydrogen-bond donors (Lipinski definition) is 1. The average molecular weight is 253 g/mol. The van der Waals surface area contributed by atoms with Crippen molar-refractivity contribution in [2.75, 3.05) is 11.5 Å². The Hall–Kier alpha value is -0.770. The van der Waals surface area contributed by atoms with Crippen molar-refractivity contribution in [2.45, 2.75) is 52.0 Å². The highest BCUT2D eigenvalue weighted by atomic mass is 32.2. The van der Waals surface area contributed by atoms with Gasteiger partial charge in [0.2, 0.25) is 0 Å². The molecular formula is C13H23N3S. The number of nitrogens with two attached hydrogens (primary N) is 1. The minimum Gasteiger partial charge on any atom is -0.383 e. The summed E-state index contributed by atoms with van der Waals surface area (Å²) >= 11 is 1.79. The molecule has 1 aromatic heterocycles. The van der Waals surface area contributed by atoms with Crippen molar-refractivity contribution in [2.24, 2.45) is 5.92 Å². The van der Waals surface area contributed by atoms with E-state index in [4.69, 9.17) is 5.73 Å². The summed E-state index contributed by atoms with van der Waals surface area (Å²) < 4.78 is 0. The van der Waals surface area contributed by atoms with E-state index in [1.54, 1.807) is 11.8 Å². The fourth-order valence-corrected chi connectivity index (χ4v) is 2.42. The number of nitrogens with zero attached hydrogens (tertiary/aromatic N) is 2. The lowest BCUT2D eigenvalue weighted by Gasteiger charge is -2.13. The van der Waals surface area contributed by atoms with Gasteiger partial charge in [0.1, 0.15) is 16.7 Å². The van der Waals surface area contributed by atoms with Gasteiger partial charge in [-0.25, -0.2) is 9.97 Å². The number of rotatable bonds is 5. The molecule has 3 nitrogen and oxygen atoms in total. The van der Waals surface area contributed by atoms with Crippen LogP contribution < -0.4 is 5.73 Å². The summed E-state index contributed by atoms with van der Waals surface area (Å²) in [5.74, 6) is 3.58. The van der Waals surface area contributed by atoms with Crippen LogP contribution in [-0.4, -0.2) is 15.7 Å². The van der Waals surface area contributed by atoms with E-state index in [0.29, 0.717) is 17.7 Å². The van der Waals surface area contributed by atoms with Gasteiger partial charge in [0.15, 0.2) is 0 Å². The molecule has 0 saturated carbocycles. The third kappa shape index (κ3) is 3.87. The van der Waals surface area contributed by atoms with Gasteiger partial charge in [-0.05, 0) is 12.8 Å². The van der Waals surface area contributed by atoms with E-state index < -0.39 is 0 Å². The molecule has 0 spiro atoms. The van der Waals surface area contributed by atoms with Gasteiger partial charge in [-0.1, -0.05) is 34.1 Å². The largest absolute Gasteiger partial charge is 0.383 e. The van der Waals surface area contributed by atoms with Crippen LogP contribution in [0.1, 0.15) is 51.4 Å². The van der Waals surface area contributed by atoms with E-state index >= 15 is 0 Å². The standard InChI is InChI=1S/C13H23N3S/c1-6-9(4)7-17-13-10(5)11(14)15-12(16-13)8(2)3/h8-9H,6-7H2,1-5H3,(H2,14,15,16). The summed E-state index contributed by atoms with van der Waals surface area (Å²) in [4.78, 5) is 8.94. The first-order chi connectivity index (χ1) is 7.95. The molecular weight excluding hydrogens is 230 g/mol. The van der Waals surface area contributed by atoms with Gasteiger partial charge < -0.3 is 5.73 Å². The van der Waals surface area contributed by atoms with Gasteiger partial charge in [-0.15, -0.1) is 11.8 Å². The van der Waals surface area contributed by atoms with Crippen LogP contribution in [0.3, 0.4) is 0 Å². The molecule has 0 fully saturated rings. The molecule has 0 aliphatic heterocycles. The van der Waals surface area contributed by atoms with Gasteiger partial charge in [-0.2, -0.15) is 0 Å². The Bertz CT molecular complexity index is 377. The van der Waals surface area contributed by atoms with Crippen molar-refractivity contribution >= 4 is 17.6 Å². The Balaban J connectivity index is 2.90. The first-order valence-corrected chi connectivity index (χ1v) is 7.21. The minimum absolute atomic E-state index is 0.320. The van der Waals surface area contributed by atoms with Gasteiger partial charge in [0.05, 0.1) is 0 Å². The van der Waals surface area contributed by atoms with Crippen LogP contribution in [0.5, 0.6) is 0 Å². The van der Waals surface area contributed by atoms with E-state index in [9.17, 15) is 0 Å². The lowest BCUT2D eigenvalue weighted by molar-refractivity contribution is 0.636. The summed E-state index contributed by atoms with van der Waals surface area (Å²) in [5, 5.41) is 1.04. The summed E-state index contributed by atoms with van der Waals surface area (Å²) in [6.45, 7) is 10.7. The Labute approximate surface area is 109 Å². The van der Waals surface area contributed by atoms with Crippen LogP contribution in [0.2, 0.25) is 0 Å². The topological polar surface area (TPSA) is 51.8 Å². The lowest BCUT2D eigenvalue weighted by atomic mass is 10.2. The lowest BCUT2D eigenvalue weighted by Crippen LogP contribution is -2.06. The third-order valence-corrected chi connectivity index (χ3v) is 4.28. The van der Waals surface area contributed by atoms with Crippen LogP contribution in [0.4, 0.5) is 5.82 Å². The summed E-state index contributed by atoms with van der Waals surface area (Å²) in [6, 6.07) is 0. The van der Waals surface area contributed by atoms with Crippen LogP contribution >= 0.6 is 11.8 Å². The normalized spacial score (nSPS) is 13.1. The number of thioether (sulfide) groups is 1. The van der Waals surface area contributed by atoms with E-state index in [0.717, 1.165) is 22.2 Å². The number of anilines is 1. The number of nitrogen functional groups attached to an aromatic ring is 1. The molecule has 4 heteroatoms. The number of hydrogen-bond acceptors (Lipinski definition) is 4. The van der Waals surface area contributed by atoms with E-state index in [1.807, 2.05) is 6.92 Å². The van der Waals surface area contributed by atoms with Crippen molar-refractivity contribution in [1.29, 1.82) is 0 Å². The minimum atomic E-state index is 0.320. The fourth-order valence-electron chi connectivity index (χ4n) is 1.27. The summed E-state index contributed by atoms with van der Waals surface area (Å²) in [5.41, 5.74) is 6.95. The van der Waals surface area contributed by atoms with Crippen LogP contribution in [0.15, 0.2) is 5.03 Å². The van der Waals surface area contributed by atoms with Crippen molar-refractivity contribution in [3.8, 4) is 0 Å². The van der Waals surface area contributed by atoms with E-state index in [2.05, 4.69) is 37.7 Å². The van der Waals surface area contributed by atoms with E-state index in [1.165, 1.54) is 6.42 Å². The number of aromatic nitrogens is 2. The van der Waals surface area contributed by atoms with Gasteiger partial charge in [0, 0.05) is 17.2 Å². The molecule has 1 aromatic rings. The SMILES string of the molecule is CCC(C)CSc1nc(C(C)C)nc(N)c1C. The highest BCUT2D eigenvalue weighted by molar-refractivity contribution is 7.99. The zero-order valence-electron chi connectivity index (χ0n) is 11.4. The van der Waals surface area contributed by atoms with E-state index in [-0.39, 0.29) is 0 Å². The monoisotopic (exact) mass is 253 g/mol. The second-order valence-corrected chi connectivity index (χ2v) is 5.89. The predicted molar refractivity (Wildman–Crippen MR) is 75.4 cm³/mol. The molecule has 0 aromatic carbocycles. The van der Waals surface area contributed by atoms with Crippen molar-refractivity contribution in [1.82, 2.24) is 9.97 Å². The third-order valence-electron chi connectivity index (χ3n) is 2.87. The van der Waals surface area contributed by atoms with Gasteiger partial charge >= 0.3 is 0 Å². The van der Waals surface area contributed by atoms with Crippen LogP contribution in [-0.2, 0) is 0 Å². The maximum Gasteiger partial charge on any atom is 0.134 e. The van der Waals surface area contributed by atoms with Crippen LogP contribution in [0, 0.1) is 12.8 Å². The molecule has 0 bridgehead atoms. The van der Waals surface area contributed by atoms with Gasteiger partial charge in [0.25, 0.3) is 0 Å². The highest BCUT2D eigenvalue weighted by Crippen LogP contribution is 2.27. The smallest absolute Gasteiger partial charge is 0.134 e. The molecule has 0 aliphatic carbocycles. The van der Waals surface area contributed by atoms with Crippen molar-refractivity contribution in [3.05, 3.63) is 11.4 Å². The molecule has 17 heavy (non-hydrogen) atoms. The molecule has 0 aliphatic rings. The Kier molecular flexibility index (Phi) is 5.25. The predicted octanol–water partition coefficient (Wildman–Crippen LogP) is 3.63. The second kappa shape index (κ2) is 6.24. The molecule has 0 radical (unpaired) electrons. The molecule has 1 heterocycles. The first kappa shape index (κ1) is 14.3. The Morgan fingerprint density at radius 1 is 1.24 bits per heavy atom. The average Bonchev–Trinajstić information content (AvgIpc) is 2.30. The zero-order valence-corrected chi connectivity index (χ0v) is 12.3. The molecule has 0 saturated heterocycles.